The van der Waals surface area contributed by atoms with Crippen molar-refractivity contribution in [3.63, 3.8) is 0 Å². The number of carboxylic acids is 1. The van der Waals surface area contributed by atoms with E-state index in [1.165, 1.54) is 49.7 Å². The van der Waals surface area contributed by atoms with Crippen LogP contribution in [0.5, 0.6) is 11.5 Å². The molecule has 30 heavy (non-hydrogen) atoms. The number of hydrogen-bond acceptors (Lipinski definition) is 3. The van der Waals surface area contributed by atoms with Gasteiger partial charge in [0.1, 0.15) is 11.5 Å². The molecule has 2 aliphatic carbocycles. The Morgan fingerprint density at radius 2 is 1.40 bits per heavy atom. The summed E-state index contributed by atoms with van der Waals surface area (Å²) < 4.78 is 5.72. The van der Waals surface area contributed by atoms with Gasteiger partial charge in [0, 0.05) is 6.42 Å². The topological polar surface area (TPSA) is 66.8 Å². The number of aliphatic carboxylic acids is 1. The van der Waals surface area contributed by atoms with Crippen molar-refractivity contribution >= 4 is 11.5 Å². The molecule has 158 valence electrons. The Morgan fingerprint density at radius 3 is 1.93 bits per heavy atom. The van der Waals surface area contributed by atoms with Crippen molar-refractivity contribution in [1.29, 1.82) is 0 Å². The van der Waals surface area contributed by atoms with E-state index in [4.69, 9.17) is 9.84 Å². The normalized spacial score (nSPS) is 20.6. The Balaban J connectivity index is 1.64. The third-order valence-corrected chi connectivity index (χ3v) is 6.48. The summed E-state index contributed by atoms with van der Waals surface area (Å²) >= 11 is 0. The van der Waals surface area contributed by atoms with Gasteiger partial charge in [-0.25, -0.2) is 0 Å². The second-order valence-corrected chi connectivity index (χ2v) is 8.50. The molecule has 2 saturated carbocycles. The Hall–Kier alpha value is -2.75. The quantitative estimate of drug-likeness (QED) is 0.550. The molecule has 2 N–H and O–H groups in total. The highest BCUT2D eigenvalue weighted by Crippen LogP contribution is 2.48. The highest BCUT2D eigenvalue weighted by molar-refractivity contribution is 5.83. The van der Waals surface area contributed by atoms with Crippen molar-refractivity contribution in [2.24, 2.45) is 11.8 Å². The molecule has 0 atom stereocenters. The minimum atomic E-state index is -0.794. The number of ether oxygens (including phenoxy) is 1. The van der Waals surface area contributed by atoms with Crippen molar-refractivity contribution in [3.8, 4) is 11.5 Å². The largest absolute Gasteiger partial charge is 0.508 e. The van der Waals surface area contributed by atoms with Gasteiger partial charge in [-0.1, -0.05) is 42.7 Å². The minimum absolute atomic E-state index is 0.123. The molecule has 2 aromatic rings. The standard InChI is InChI=1S/C26H30O4/c27-22-13-9-20(10-14-22)26(25-18-4-1-5-19(25)7-2-6-18)21-11-15-23(16-12-21)30-17-3-8-24(28)29/h9-16,18-19,27H,1-8,17H2,(H,28,29). The van der Waals surface area contributed by atoms with Gasteiger partial charge in [-0.3, -0.25) is 4.79 Å². The fraction of sp³-hybridized carbons (Fsp3) is 0.423. The summed E-state index contributed by atoms with van der Waals surface area (Å²) in [6, 6.07) is 15.8. The lowest BCUT2D eigenvalue weighted by atomic mass is 9.65. The lowest BCUT2D eigenvalue weighted by Crippen LogP contribution is -2.25. The van der Waals surface area contributed by atoms with Crippen LogP contribution in [0, 0.1) is 11.8 Å². The number of carbonyl (C=O) groups is 1. The van der Waals surface area contributed by atoms with Crippen molar-refractivity contribution in [1.82, 2.24) is 0 Å². The number of carboxylic acid groups (broad SMARTS) is 1. The van der Waals surface area contributed by atoms with Crippen molar-refractivity contribution in [3.05, 3.63) is 65.2 Å². The predicted molar refractivity (Wildman–Crippen MR) is 118 cm³/mol. The number of rotatable bonds is 7. The monoisotopic (exact) mass is 406 g/mol. The second kappa shape index (κ2) is 9.38. The number of phenolic OH excluding ortho intramolecular Hbond substituents is 1. The Kier molecular flexibility index (Phi) is 6.41. The van der Waals surface area contributed by atoms with Gasteiger partial charge in [-0.15, -0.1) is 0 Å². The molecule has 0 radical (unpaired) electrons. The first kappa shape index (κ1) is 20.5. The molecule has 0 aromatic heterocycles. The average molecular weight is 407 g/mol. The summed E-state index contributed by atoms with van der Waals surface area (Å²) in [5.41, 5.74) is 5.28. The fourth-order valence-corrected chi connectivity index (χ4v) is 5.13. The van der Waals surface area contributed by atoms with Crippen LogP contribution in [0.1, 0.15) is 62.5 Å². The van der Waals surface area contributed by atoms with Gasteiger partial charge in [0.15, 0.2) is 0 Å². The number of phenols is 1. The molecule has 0 saturated heterocycles. The molecule has 2 bridgehead atoms. The summed E-state index contributed by atoms with van der Waals surface area (Å²) in [6.45, 7) is 0.404. The molecule has 4 nitrogen and oxygen atoms in total. The molecule has 2 aliphatic rings. The third-order valence-electron chi connectivity index (χ3n) is 6.48. The van der Waals surface area contributed by atoms with E-state index in [-0.39, 0.29) is 12.2 Å². The number of benzene rings is 2. The molecule has 2 fully saturated rings. The highest BCUT2D eigenvalue weighted by Gasteiger charge is 2.33. The minimum Gasteiger partial charge on any atom is -0.508 e. The number of hydrogen-bond donors (Lipinski definition) is 2. The van der Waals surface area contributed by atoms with Crippen LogP contribution in [0.4, 0.5) is 0 Å². The number of allylic oxidation sites excluding steroid dienone is 1. The molecule has 2 aromatic carbocycles. The second-order valence-electron chi connectivity index (χ2n) is 8.50. The van der Waals surface area contributed by atoms with E-state index in [2.05, 4.69) is 12.1 Å². The van der Waals surface area contributed by atoms with E-state index >= 15 is 0 Å². The predicted octanol–water partition coefficient (Wildman–Crippen LogP) is 6.04. The summed E-state index contributed by atoms with van der Waals surface area (Å²) in [4.78, 5) is 10.6. The van der Waals surface area contributed by atoms with Crippen molar-refractivity contribution < 1.29 is 19.7 Å². The van der Waals surface area contributed by atoms with Crippen LogP contribution in [0.2, 0.25) is 0 Å². The lowest BCUT2D eigenvalue weighted by molar-refractivity contribution is -0.137. The maximum absolute atomic E-state index is 10.6. The Labute approximate surface area is 178 Å². The van der Waals surface area contributed by atoms with E-state index in [1.54, 1.807) is 17.7 Å². The van der Waals surface area contributed by atoms with Gasteiger partial charge in [-0.2, -0.15) is 0 Å². The lowest BCUT2D eigenvalue weighted by Gasteiger charge is -2.39. The first-order chi connectivity index (χ1) is 14.6. The Morgan fingerprint density at radius 1 is 0.867 bits per heavy atom. The molecule has 0 aliphatic heterocycles. The molecule has 0 heterocycles. The molecule has 0 unspecified atom stereocenters. The molecular formula is C26H30O4. The smallest absolute Gasteiger partial charge is 0.303 e. The van der Waals surface area contributed by atoms with Gasteiger partial charge in [0.25, 0.3) is 0 Å². The van der Waals surface area contributed by atoms with Crippen LogP contribution in [0.25, 0.3) is 5.57 Å². The van der Waals surface area contributed by atoms with Crippen molar-refractivity contribution in [2.75, 3.05) is 6.61 Å². The zero-order valence-electron chi connectivity index (χ0n) is 17.3. The van der Waals surface area contributed by atoms with Crippen LogP contribution in [0.3, 0.4) is 0 Å². The number of aromatic hydroxyl groups is 1. The third kappa shape index (κ3) is 4.69. The first-order valence-electron chi connectivity index (χ1n) is 11.1. The van der Waals surface area contributed by atoms with E-state index in [0.29, 0.717) is 24.9 Å². The van der Waals surface area contributed by atoms with Crippen LogP contribution in [-0.4, -0.2) is 22.8 Å². The molecule has 4 heteroatoms. The maximum Gasteiger partial charge on any atom is 0.303 e. The molecule has 0 amide bonds. The number of fused-ring (bicyclic) bond motifs is 2. The Bertz CT molecular complexity index is 872. The van der Waals surface area contributed by atoms with Gasteiger partial charge in [-0.05, 0) is 84.9 Å². The summed E-state index contributed by atoms with van der Waals surface area (Å²) in [7, 11) is 0. The van der Waals surface area contributed by atoms with Crippen LogP contribution in [-0.2, 0) is 4.79 Å². The fourth-order valence-electron chi connectivity index (χ4n) is 5.13. The van der Waals surface area contributed by atoms with Gasteiger partial charge in [0.2, 0.25) is 0 Å². The summed E-state index contributed by atoms with van der Waals surface area (Å²) in [5.74, 6) is 1.58. The first-order valence-corrected chi connectivity index (χ1v) is 11.1. The van der Waals surface area contributed by atoms with Crippen molar-refractivity contribution in [2.45, 2.75) is 51.4 Å². The zero-order valence-corrected chi connectivity index (χ0v) is 17.3. The highest BCUT2D eigenvalue weighted by atomic mass is 16.5. The van der Waals surface area contributed by atoms with E-state index in [9.17, 15) is 9.90 Å². The average Bonchev–Trinajstić information content (AvgIpc) is 2.73. The summed E-state index contributed by atoms with van der Waals surface area (Å²) in [5, 5.41) is 18.5. The molecule has 4 rings (SSSR count). The maximum atomic E-state index is 10.6. The zero-order chi connectivity index (χ0) is 20.9. The van der Waals surface area contributed by atoms with Crippen LogP contribution >= 0.6 is 0 Å². The van der Waals surface area contributed by atoms with E-state index < -0.39 is 5.97 Å². The van der Waals surface area contributed by atoms with E-state index in [0.717, 1.165) is 11.3 Å². The van der Waals surface area contributed by atoms with Gasteiger partial charge >= 0.3 is 5.97 Å². The summed E-state index contributed by atoms with van der Waals surface area (Å²) in [6.07, 6.45) is 8.38. The van der Waals surface area contributed by atoms with E-state index in [1.807, 2.05) is 24.3 Å². The molecular weight excluding hydrogens is 376 g/mol. The van der Waals surface area contributed by atoms with Crippen LogP contribution < -0.4 is 4.74 Å². The van der Waals surface area contributed by atoms with Crippen LogP contribution in [0.15, 0.2) is 54.1 Å². The molecule has 0 spiro atoms. The van der Waals surface area contributed by atoms with Gasteiger partial charge in [0.05, 0.1) is 6.61 Å². The SMILES string of the molecule is O=C(O)CCCOc1ccc(C(=C2C3CCCC2CCC3)c2ccc(O)cc2)cc1. The van der Waals surface area contributed by atoms with Gasteiger partial charge < -0.3 is 14.9 Å².